The zero-order chi connectivity index (χ0) is 18.2. The van der Waals surface area contributed by atoms with Gasteiger partial charge in [-0.1, -0.05) is 27.4 Å². The molecule has 0 N–H and O–H groups in total. The molecule has 0 atom stereocenters. The van der Waals surface area contributed by atoms with Gasteiger partial charge in [0, 0.05) is 22.1 Å². The molecule has 0 aliphatic heterocycles. The summed E-state index contributed by atoms with van der Waals surface area (Å²) in [6.45, 7) is 12.7. The number of fused-ring (bicyclic) bond motifs is 1. The van der Waals surface area contributed by atoms with E-state index in [1.807, 2.05) is 35.6 Å². The molecule has 4 nitrogen and oxygen atoms in total. The van der Waals surface area contributed by atoms with E-state index in [-0.39, 0.29) is 5.41 Å². The summed E-state index contributed by atoms with van der Waals surface area (Å²) in [6, 6.07) is 7.66. The number of imidazole rings is 1. The SMILES string of the molecule is C=C(C)COc1ccc(-c2nc3scc(C(C)(C)C)n3c2C=O)cc1. The van der Waals surface area contributed by atoms with Gasteiger partial charge in [-0.3, -0.25) is 9.20 Å². The number of hydrogen-bond donors (Lipinski definition) is 0. The Hall–Kier alpha value is -2.40. The molecule has 0 amide bonds. The van der Waals surface area contributed by atoms with Crippen LogP contribution in [0.15, 0.2) is 41.8 Å². The fourth-order valence-electron chi connectivity index (χ4n) is 2.63. The van der Waals surface area contributed by atoms with Crippen LogP contribution in [0.3, 0.4) is 0 Å². The molecule has 2 heterocycles. The van der Waals surface area contributed by atoms with E-state index in [4.69, 9.17) is 4.74 Å². The quantitative estimate of drug-likeness (QED) is 0.471. The highest BCUT2D eigenvalue weighted by atomic mass is 32.1. The molecule has 5 heteroatoms. The summed E-state index contributed by atoms with van der Waals surface area (Å²) in [6.07, 6.45) is 0.892. The number of hydrogen-bond acceptors (Lipinski definition) is 4. The van der Waals surface area contributed by atoms with E-state index < -0.39 is 0 Å². The van der Waals surface area contributed by atoms with Crippen molar-refractivity contribution >= 4 is 22.6 Å². The number of thiazole rings is 1. The van der Waals surface area contributed by atoms with Crippen molar-refractivity contribution in [3.8, 4) is 17.0 Å². The van der Waals surface area contributed by atoms with Crippen molar-refractivity contribution in [3.05, 3.63) is 53.2 Å². The van der Waals surface area contributed by atoms with Crippen LogP contribution in [-0.4, -0.2) is 22.3 Å². The van der Waals surface area contributed by atoms with Crippen LogP contribution in [0.1, 0.15) is 43.9 Å². The maximum Gasteiger partial charge on any atom is 0.195 e. The fourth-order valence-corrected chi connectivity index (χ4v) is 3.76. The van der Waals surface area contributed by atoms with Crippen LogP contribution in [0.2, 0.25) is 0 Å². The largest absolute Gasteiger partial charge is 0.489 e. The lowest BCUT2D eigenvalue weighted by Crippen LogP contribution is -2.15. The van der Waals surface area contributed by atoms with Crippen molar-refractivity contribution in [1.29, 1.82) is 0 Å². The first-order valence-corrected chi connectivity index (χ1v) is 9.02. The summed E-state index contributed by atoms with van der Waals surface area (Å²) in [5.74, 6) is 0.774. The van der Waals surface area contributed by atoms with Crippen LogP contribution in [0.25, 0.3) is 16.2 Å². The number of carbonyl (C=O) groups is 1. The van der Waals surface area contributed by atoms with Crippen LogP contribution in [-0.2, 0) is 5.41 Å². The van der Waals surface area contributed by atoms with Crippen molar-refractivity contribution in [1.82, 2.24) is 9.38 Å². The second kappa shape index (κ2) is 6.48. The van der Waals surface area contributed by atoms with E-state index >= 15 is 0 Å². The van der Waals surface area contributed by atoms with E-state index in [0.717, 1.165) is 33.8 Å². The van der Waals surface area contributed by atoms with Crippen molar-refractivity contribution in [2.24, 2.45) is 0 Å². The average molecular weight is 354 g/mol. The van der Waals surface area contributed by atoms with Gasteiger partial charge in [0.2, 0.25) is 0 Å². The summed E-state index contributed by atoms with van der Waals surface area (Å²) in [5.41, 5.74) is 4.20. The molecule has 0 saturated carbocycles. The molecule has 0 unspecified atom stereocenters. The van der Waals surface area contributed by atoms with Crippen LogP contribution >= 0.6 is 11.3 Å². The summed E-state index contributed by atoms with van der Waals surface area (Å²) < 4.78 is 7.60. The lowest BCUT2D eigenvalue weighted by Gasteiger charge is -2.17. The maximum atomic E-state index is 11.8. The van der Waals surface area contributed by atoms with Gasteiger partial charge in [-0.25, -0.2) is 4.98 Å². The van der Waals surface area contributed by atoms with E-state index in [2.05, 4.69) is 37.7 Å². The minimum Gasteiger partial charge on any atom is -0.489 e. The molecule has 2 aromatic heterocycles. The Kier molecular flexibility index (Phi) is 4.52. The maximum absolute atomic E-state index is 11.8. The second-order valence-electron chi connectivity index (χ2n) is 7.22. The zero-order valence-corrected chi connectivity index (χ0v) is 15.8. The standard InChI is InChI=1S/C20H22N2O2S/c1-13(2)11-24-15-8-6-14(7-9-15)18-16(10-23)22-17(20(3,4)5)12-25-19(22)21-18/h6-10,12H,1,11H2,2-5H3. The van der Waals surface area contributed by atoms with Gasteiger partial charge >= 0.3 is 0 Å². The van der Waals surface area contributed by atoms with Crippen LogP contribution < -0.4 is 4.74 Å². The number of benzene rings is 1. The van der Waals surface area contributed by atoms with Gasteiger partial charge in [0.25, 0.3) is 0 Å². The van der Waals surface area contributed by atoms with Gasteiger partial charge in [0.15, 0.2) is 11.2 Å². The fraction of sp³-hybridized carbons (Fsp3) is 0.300. The monoisotopic (exact) mass is 354 g/mol. The smallest absolute Gasteiger partial charge is 0.195 e. The topological polar surface area (TPSA) is 43.6 Å². The third-order valence-electron chi connectivity index (χ3n) is 3.89. The molecule has 0 spiro atoms. The van der Waals surface area contributed by atoms with Gasteiger partial charge in [0.05, 0.1) is 0 Å². The van der Waals surface area contributed by atoms with Crippen molar-refractivity contribution in [2.45, 2.75) is 33.1 Å². The van der Waals surface area contributed by atoms with E-state index in [0.29, 0.717) is 18.0 Å². The van der Waals surface area contributed by atoms with Crippen LogP contribution in [0.5, 0.6) is 5.75 Å². The molecule has 3 aromatic rings. The molecule has 3 rings (SSSR count). The molecule has 0 aliphatic rings. The molecule has 0 radical (unpaired) electrons. The molecular formula is C20H22N2O2S. The van der Waals surface area contributed by atoms with E-state index in [9.17, 15) is 4.79 Å². The van der Waals surface area contributed by atoms with E-state index in [1.54, 1.807) is 11.3 Å². The normalized spacial score (nSPS) is 11.7. The molecule has 130 valence electrons. The van der Waals surface area contributed by atoms with Crippen LogP contribution in [0.4, 0.5) is 0 Å². The van der Waals surface area contributed by atoms with Gasteiger partial charge < -0.3 is 4.74 Å². The Bertz CT molecular complexity index is 927. The Morgan fingerprint density at radius 2 is 2.00 bits per heavy atom. The van der Waals surface area contributed by atoms with Gasteiger partial charge in [0.1, 0.15) is 23.7 Å². The molecule has 0 fully saturated rings. The number of aldehydes is 1. The minimum absolute atomic E-state index is 0.0613. The van der Waals surface area contributed by atoms with E-state index in [1.165, 1.54) is 0 Å². The van der Waals surface area contributed by atoms with Gasteiger partial charge in [-0.05, 0) is 36.8 Å². The Morgan fingerprint density at radius 1 is 1.32 bits per heavy atom. The summed E-state index contributed by atoms with van der Waals surface area (Å²) in [4.78, 5) is 17.3. The summed E-state index contributed by atoms with van der Waals surface area (Å²) in [5, 5.41) is 2.08. The van der Waals surface area contributed by atoms with Gasteiger partial charge in [-0.15, -0.1) is 11.3 Å². The first-order valence-electron chi connectivity index (χ1n) is 8.14. The third kappa shape index (κ3) is 3.37. The van der Waals surface area contributed by atoms with Crippen LogP contribution in [0, 0.1) is 0 Å². The summed E-state index contributed by atoms with van der Waals surface area (Å²) >= 11 is 1.56. The molecular weight excluding hydrogens is 332 g/mol. The van der Waals surface area contributed by atoms with Gasteiger partial charge in [-0.2, -0.15) is 0 Å². The highest BCUT2D eigenvalue weighted by Crippen LogP contribution is 2.33. The predicted octanol–water partition coefficient (Wildman–Crippen LogP) is 5.13. The first kappa shape index (κ1) is 17.4. The van der Waals surface area contributed by atoms with Crippen molar-refractivity contribution in [2.75, 3.05) is 6.61 Å². The Labute approximate surface area is 151 Å². The summed E-state index contributed by atoms with van der Waals surface area (Å²) in [7, 11) is 0. The lowest BCUT2D eigenvalue weighted by atomic mass is 9.93. The molecule has 1 aromatic carbocycles. The Morgan fingerprint density at radius 3 is 2.56 bits per heavy atom. The minimum atomic E-state index is -0.0613. The number of carbonyl (C=O) groups excluding carboxylic acids is 1. The number of nitrogens with zero attached hydrogens (tertiary/aromatic N) is 2. The highest BCUT2D eigenvalue weighted by Gasteiger charge is 2.24. The average Bonchev–Trinajstić information content (AvgIpc) is 3.11. The zero-order valence-electron chi connectivity index (χ0n) is 15.0. The highest BCUT2D eigenvalue weighted by molar-refractivity contribution is 7.15. The molecule has 25 heavy (non-hydrogen) atoms. The molecule has 0 aliphatic carbocycles. The van der Waals surface area contributed by atoms with Crippen molar-refractivity contribution < 1.29 is 9.53 Å². The number of aromatic nitrogens is 2. The molecule has 0 bridgehead atoms. The third-order valence-corrected chi connectivity index (χ3v) is 4.72. The lowest BCUT2D eigenvalue weighted by molar-refractivity contribution is 0.111. The first-order chi connectivity index (χ1) is 11.8. The Balaban J connectivity index is 2.03. The second-order valence-corrected chi connectivity index (χ2v) is 8.06. The predicted molar refractivity (Wildman–Crippen MR) is 103 cm³/mol. The number of ether oxygens (including phenoxy) is 1. The molecule has 0 saturated heterocycles. The van der Waals surface area contributed by atoms with Crippen molar-refractivity contribution in [3.63, 3.8) is 0 Å². The number of rotatable bonds is 5.